The molecule has 0 fully saturated rings. The predicted molar refractivity (Wildman–Crippen MR) is 82.5 cm³/mol. The van der Waals surface area contributed by atoms with Crippen molar-refractivity contribution in [3.05, 3.63) is 59.9 Å². The van der Waals surface area contributed by atoms with E-state index < -0.39 is 0 Å². The van der Waals surface area contributed by atoms with Crippen LogP contribution in [0.15, 0.2) is 48.8 Å². The Morgan fingerprint density at radius 1 is 1.00 bits per heavy atom. The Bertz CT molecular complexity index is 711. The van der Waals surface area contributed by atoms with Gasteiger partial charge in [0.25, 0.3) is 0 Å². The van der Waals surface area contributed by atoms with E-state index in [2.05, 4.69) is 42.4 Å². The molecule has 20 heavy (non-hydrogen) atoms. The number of aromatic nitrogens is 2. The Morgan fingerprint density at radius 3 is 2.45 bits per heavy atom. The molecule has 0 saturated carbocycles. The minimum absolute atomic E-state index is 0.551. The summed E-state index contributed by atoms with van der Waals surface area (Å²) >= 11 is 0. The first-order chi connectivity index (χ1) is 9.80. The average molecular weight is 265 g/mol. The molecule has 3 rings (SSSR count). The Kier molecular flexibility index (Phi) is 3.52. The van der Waals surface area contributed by atoms with Crippen LogP contribution in [-0.2, 0) is 13.0 Å². The zero-order valence-corrected chi connectivity index (χ0v) is 11.7. The molecule has 0 spiro atoms. The molecule has 0 aliphatic rings. The number of imidazole rings is 1. The van der Waals surface area contributed by atoms with Crippen LogP contribution in [0.3, 0.4) is 0 Å². The summed E-state index contributed by atoms with van der Waals surface area (Å²) in [5, 5.41) is 0. The van der Waals surface area contributed by atoms with Gasteiger partial charge in [0.15, 0.2) is 0 Å². The summed E-state index contributed by atoms with van der Waals surface area (Å²) in [6.45, 7) is 2.75. The first kappa shape index (κ1) is 12.9. The van der Waals surface area contributed by atoms with E-state index >= 15 is 0 Å². The number of hydrogen-bond acceptors (Lipinski definition) is 2. The molecule has 0 bridgehead atoms. The standard InChI is InChI=1S/C17H19N3/c1-2-3-13-4-7-15(8-5-13)16-12-20-11-14(10-18)6-9-17(20)19-16/h4-9,11-12H,2-3,10,18H2,1H3. The van der Waals surface area contributed by atoms with Crippen LogP contribution in [0.25, 0.3) is 16.9 Å². The fourth-order valence-electron chi connectivity index (χ4n) is 2.43. The van der Waals surface area contributed by atoms with Gasteiger partial charge in [0.2, 0.25) is 0 Å². The Labute approximate surface area is 119 Å². The van der Waals surface area contributed by atoms with Crippen molar-refractivity contribution in [1.29, 1.82) is 0 Å². The van der Waals surface area contributed by atoms with Gasteiger partial charge in [-0.15, -0.1) is 0 Å². The monoisotopic (exact) mass is 265 g/mol. The molecule has 0 aliphatic heterocycles. The Balaban J connectivity index is 1.96. The van der Waals surface area contributed by atoms with Crippen LogP contribution in [0, 0.1) is 0 Å². The maximum absolute atomic E-state index is 5.67. The normalized spacial score (nSPS) is 11.1. The van der Waals surface area contributed by atoms with E-state index in [1.807, 2.05) is 22.7 Å². The molecular formula is C17H19N3. The third kappa shape index (κ3) is 2.45. The van der Waals surface area contributed by atoms with Gasteiger partial charge < -0.3 is 10.1 Å². The summed E-state index contributed by atoms with van der Waals surface area (Å²) in [6.07, 6.45) is 6.40. The van der Waals surface area contributed by atoms with Crippen molar-refractivity contribution in [3.8, 4) is 11.3 Å². The second kappa shape index (κ2) is 5.47. The summed E-state index contributed by atoms with van der Waals surface area (Å²) in [7, 11) is 0. The molecule has 3 heteroatoms. The molecule has 102 valence electrons. The number of nitrogens with two attached hydrogens (primary N) is 1. The fourth-order valence-corrected chi connectivity index (χ4v) is 2.43. The molecule has 0 atom stereocenters. The Morgan fingerprint density at radius 2 is 1.75 bits per heavy atom. The van der Waals surface area contributed by atoms with E-state index in [-0.39, 0.29) is 0 Å². The van der Waals surface area contributed by atoms with Gasteiger partial charge in [-0.05, 0) is 23.6 Å². The minimum Gasteiger partial charge on any atom is -0.326 e. The second-order valence-electron chi connectivity index (χ2n) is 5.08. The summed E-state index contributed by atoms with van der Waals surface area (Å²) in [5.74, 6) is 0. The maximum atomic E-state index is 5.67. The smallest absolute Gasteiger partial charge is 0.137 e. The van der Waals surface area contributed by atoms with Crippen LogP contribution in [-0.4, -0.2) is 9.38 Å². The molecule has 0 aliphatic carbocycles. The van der Waals surface area contributed by atoms with Crippen molar-refractivity contribution < 1.29 is 0 Å². The van der Waals surface area contributed by atoms with E-state index in [9.17, 15) is 0 Å². The van der Waals surface area contributed by atoms with Crippen molar-refractivity contribution in [2.75, 3.05) is 0 Å². The zero-order chi connectivity index (χ0) is 13.9. The zero-order valence-electron chi connectivity index (χ0n) is 11.7. The van der Waals surface area contributed by atoms with Crippen molar-refractivity contribution in [3.63, 3.8) is 0 Å². The number of pyridine rings is 1. The lowest BCUT2D eigenvalue weighted by molar-refractivity contribution is 0.922. The first-order valence-corrected chi connectivity index (χ1v) is 7.07. The van der Waals surface area contributed by atoms with Crippen LogP contribution in [0.1, 0.15) is 24.5 Å². The van der Waals surface area contributed by atoms with Gasteiger partial charge in [0, 0.05) is 24.5 Å². The maximum Gasteiger partial charge on any atom is 0.137 e. The molecule has 3 aromatic rings. The molecule has 2 N–H and O–H groups in total. The highest BCUT2D eigenvalue weighted by Gasteiger charge is 2.04. The van der Waals surface area contributed by atoms with Crippen molar-refractivity contribution in [2.24, 2.45) is 5.73 Å². The van der Waals surface area contributed by atoms with Crippen LogP contribution >= 0.6 is 0 Å². The minimum atomic E-state index is 0.551. The van der Waals surface area contributed by atoms with Gasteiger partial charge in [0.05, 0.1) is 5.69 Å². The molecule has 3 nitrogen and oxygen atoms in total. The number of benzene rings is 1. The summed E-state index contributed by atoms with van der Waals surface area (Å²) < 4.78 is 2.04. The van der Waals surface area contributed by atoms with E-state index in [1.165, 1.54) is 12.0 Å². The fraction of sp³-hybridized carbons (Fsp3) is 0.235. The van der Waals surface area contributed by atoms with E-state index in [0.29, 0.717) is 6.54 Å². The van der Waals surface area contributed by atoms with Crippen molar-refractivity contribution in [1.82, 2.24) is 9.38 Å². The van der Waals surface area contributed by atoms with Crippen LogP contribution in [0.4, 0.5) is 0 Å². The molecule has 0 saturated heterocycles. The first-order valence-electron chi connectivity index (χ1n) is 7.07. The third-order valence-electron chi connectivity index (χ3n) is 3.54. The molecule has 1 aromatic carbocycles. The van der Waals surface area contributed by atoms with Gasteiger partial charge in [-0.25, -0.2) is 4.98 Å². The highest BCUT2D eigenvalue weighted by molar-refractivity contribution is 5.63. The average Bonchev–Trinajstić information content (AvgIpc) is 2.91. The summed E-state index contributed by atoms with van der Waals surface area (Å²) in [6, 6.07) is 12.7. The topological polar surface area (TPSA) is 43.3 Å². The van der Waals surface area contributed by atoms with Crippen LogP contribution < -0.4 is 5.73 Å². The largest absolute Gasteiger partial charge is 0.326 e. The third-order valence-corrected chi connectivity index (χ3v) is 3.54. The van der Waals surface area contributed by atoms with Crippen molar-refractivity contribution in [2.45, 2.75) is 26.3 Å². The van der Waals surface area contributed by atoms with E-state index in [1.54, 1.807) is 0 Å². The van der Waals surface area contributed by atoms with Crippen molar-refractivity contribution >= 4 is 5.65 Å². The molecule has 2 heterocycles. The van der Waals surface area contributed by atoms with Gasteiger partial charge >= 0.3 is 0 Å². The highest BCUT2D eigenvalue weighted by atomic mass is 15.0. The highest BCUT2D eigenvalue weighted by Crippen LogP contribution is 2.20. The SMILES string of the molecule is CCCc1ccc(-c2cn3cc(CN)ccc3n2)cc1. The van der Waals surface area contributed by atoms with Crippen LogP contribution in [0.2, 0.25) is 0 Å². The molecule has 2 aromatic heterocycles. The predicted octanol–water partition coefficient (Wildman–Crippen LogP) is 3.41. The van der Waals surface area contributed by atoms with E-state index in [4.69, 9.17) is 5.73 Å². The number of nitrogens with zero attached hydrogens (tertiary/aromatic N) is 2. The number of rotatable bonds is 4. The van der Waals surface area contributed by atoms with Crippen LogP contribution in [0.5, 0.6) is 0 Å². The van der Waals surface area contributed by atoms with Gasteiger partial charge in [-0.2, -0.15) is 0 Å². The van der Waals surface area contributed by atoms with Gasteiger partial charge in [-0.1, -0.05) is 43.7 Å². The number of aryl methyl sites for hydroxylation is 1. The molecule has 0 radical (unpaired) electrons. The lowest BCUT2D eigenvalue weighted by Crippen LogP contribution is -1.97. The lowest BCUT2D eigenvalue weighted by atomic mass is 10.1. The number of fused-ring (bicyclic) bond motifs is 1. The molecule has 0 unspecified atom stereocenters. The molecule has 0 amide bonds. The van der Waals surface area contributed by atoms with E-state index in [0.717, 1.165) is 28.9 Å². The quantitative estimate of drug-likeness (QED) is 0.785. The van der Waals surface area contributed by atoms with Gasteiger partial charge in [-0.3, -0.25) is 0 Å². The summed E-state index contributed by atoms with van der Waals surface area (Å²) in [4.78, 5) is 4.66. The number of hydrogen-bond donors (Lipinski definition) is 1. The molecular weight excluding hydrogens is 246 g/mol. The summed E-state index contributed by atoms with van der Waals surface area (Å²) in [5.41, 5.74) is 11.3. The lowest BCUT2D eigenvalue weighted by Gasteiger charge is -2.00. The Hall–Kier alpha value is -2.13. The second-order valence-corrected chi connectivity index (χ2v) is 5.08. The van der Waals surface area contributed by atoms with Gasteiger partial charge in [0.1, 0.15) is 5.65 Å².